The molecule has 2 aromatic carbocycles. The van der Waals surface area contributed by atoms with E-state index in [9.17, 15) is 9.18 Å². The molecule has 0 bridgehead atoms. The van der Waals surface area contributed by atoms with E-state index in [4.69, 9.17) is 0 Å². The Balaban J connectivity index is 2.24. The highest BCUT2D eigenvalue weighted by atomic mass is 79.9. The van der Waals surface area contributed by atoms with Crippen LogP contribution in [0.15, 0.2) is 46.9 Å². The van der Waals surface area contributed by atoms with Crippen molar-refractivity contribution >= 4 is 21.7 Å². The third-order valence-corrected chi connectivity index (χ3v) is 3.37. The van der Waals surface area contributed by atoms with Crippen LogP contribution in [-0.4, -0.2) is 5.78 Å². The lowest BCUT2D eigenvalue weighted by Gasteiger charge is -2.05. The molecule has 0 saturated heterocycles. The Hall–Kier alpha value is -1.48. The summed E-state index contributed by atoms with van der Waals surface area (Å²) in [6, 6.07) is 11.9. The highest BCUT2D eigenvalue weighted by molar-refractivity contribution is 9.10. The Morgan fingerprint density at radius 3 is 2.72 bits per heavy atom. The van der Waals surface area contributed by atoms with E-state index in [-0.39, 0.29) is 12.2 Å². The van der Waals surface area contributed by atoms with E-state index in [2.05, 4.69) is 15.9 Å². The molecule has 0 N–H and O–H groups in total. The fraction of sp³-hybridized carbons (Fsp3) is 0.133. The predicted octanol–water partition coefficient (Wildman–Crippen LogP) is 4.32. The Labute approximate surface area is 114 Å². The molecule has 0 aliphatic carbocycles. The Morgan fingerprint density at radius 2 is 2.00 bits per heavy atom. The van der Waals surface area contributed by atoms with Gasteiger partial charge in [0.25, 0.3) is 0 Å². The van der Waals surface area contributed by atoms with E-state index >= 15 is 0 Å². The van der Waals surface area contributed by atoms with Gasteiger partial charge in [-0.15, -0.1) is 0 Å². The second-order valence-corrected chi connectivity index (χ2v) is 5.07. The highest BCUT2D eigenvalue weighted by Crippen LogP contribution is 2.20. The maximum atomic E-state index is 13.1. The fourth-order valence-electron chi connectivity index (χ4n) is 1.81. The maximum absolute atomic E-state index is 13.1. The van der Waals surface area contributed by atoms with Crippen LogP contribution in [0.1, 0.15) is 21.5 Å². The first-order valence-electron chi connectivity index (χ1n) is 5.60. The van der Waals surface area contributed by atoms with Crippen LogP contribution in [0.3, 0.4) is 0 Å². The monoisotopic (exact) mass is 306 g/mol. The summed E-state index contributed by atoms with van der Waals surface area (Å²) in [5.41, 5.74) is 2.44. The van der Waals surface area contributed by atoms with Crippen molar-refractivity contribution in [3.05, 3.63) is 69.4 Å². The molecule has 3 heteroatoms. The molecule has 0 heterocycles. The first-order valence-corrected chi connectivity index (χ1v) is 6.39. The predicted molar refractivity (Wildman–Crippen MR) is 73.3 cm³/mol. The van der Waals surface area contributed by atoms with Gasteiger partial charge in [-0.1, -0.05) is 45.8 Å². The lowest BCUT2D eigenvalue weighted by atomic mass is 10.0. The highest BCUT2D eigenvalue weighted by Gasteiger charge is 2.12. The van der Waals surface area contributed by atoms with Gasteiger partial charge in [-0.05, 0) is 30.7 Å². The Bertz CT molecular complexity index is 593. The molecule has 2 rings (SSSR count). The molecule has 0 spiro atoms. The molecule has 0 atom stereocenters. The summed E-state index contributed by atoms with van der Waals surface area (Å²) in [6.07, 6.45) is 0.281. The molecule has 0 aliphatic rings. The zero-order valence-corrected chi connectivity index (χ0v) is 11.5. The Morgan fingerprint density at radius 1 is 1.22 bits per heavy atom. The van der Waals surface area contributed by atoms with Crippen LogP contribution in [0.5, 0.6) is 0 Å². The van der Waals surface area contributed by atoms with E-state index in [1.54, 1.807) is 6.07 Å². The number of benzene rings is 2. The molecule has 0 aliphatic heterocycles. The number of ketones is 1. The lowest BCUT2D eigenvalue weighted by Crippen LogP contribution is -2.05. The lowest BCUT2D eigenvalue weighted by molar-refractivity contribution is 0.0992. The minimum atomic E-state index is -0.397. The van der Waals surface area contributed by atoms with E-state index in [1.807, 2.05) is 31.2 Å². The summed E-state index contributed by atoms with van der Waals surface area (Å²) in [5.74, 6) is -0.488. The minimum absolute atomic E-state index is 0.0908. The summed E-state index contributed by atoms with van der Waals surface area (Å²) in [4.78, 5) is 12.1. The first-order chi connectivity index (χ1) is 8.56. The SMILES string of the molecule is Cc1cccc(CC(=O)c2cc(F)ccc2Br)c1. The van der Waals surface area contributed by atoms with Crippen LogP contribution in [0, 0.1) is 12.7 Å². The molecule has 0 radical (unpaired) electrons. The van der Waals surface area contributed by atoms with Gasteiger partial charge >= 0.3 is 0 Å². The molecule has 0 amide bonds. The van der Waals surface area contributed by atoms with Gasteiger partial charge in [0.15, 0.2) is 5.78 Å². The van der Waals surface area contributed by atoms with Gasteiger partial charge in [0.2, 0.25) is 0 Å². The standard InChI is InChI=1S/C15H12BrFO/c1-10-3-2-4-11(7-10)8-15(18)13-9-12(17)5-6-14(13)16/h2-7,9H,8H2,1H3. The van der Waals surface area contributed by atoms with Crippen LogP contribution < -0.4 is 0 Å². The largest absolute Gasteiger partial charge is 0.294 e. The van der Waals surface area contributed by atoms with Crippen LogP contribution in [-0.2, 0) is 6.42 Å². The van der Waals surface area contributed by atoms with Gasteiger partial charge in [0.1, 0.15) is 5.82 Å². The molecule has 18 heavy (non-hydrogen) atoms. The van der Waals surface area contributed by atoms with Crippen molar-refractivity contribution in [2.45, 2.75) is 13.3 Å². The summed E-state index contributed by atoms with van der Waals surface area (Å²) >= 11 is 3.27. The number of hydrogen-bond donors (Lipinski definition) is 0. The van der Waals surface area contributed by atoms with Crippen LogP contribution in [0.2, 0.25) is 0 Å². The normalized spacial score (nSPS) is 10.4. The summed E-state index contributed by atoms with van der Waals surface area (Å²) < 4.78 is 13.8. The average Bonchev–Trinajstić information content (AvgIpc) is 2.32. The second-order valence-electron chi connectivity index (χ2n) is 4.21. The van der Waals surface area contributed by atoms with E-state index < -0.39 is 5.82 Å². The van der Waals surface area contributed by atoms with Crippen molar-refractivity contribution in [3.8, 4) is 0 Å². The molecule has 1 nitrogen and oxygen atoms in total. The van der Waals surface area contributed by atoms with Crippen LogP contribution in [0.25, 0.3) is 0 Å². The van der Waals surface area contributed by atoms with E-state index in [0.717, 1.165) is 11.1 Å². The third kappa shape index (κ3) is 3.05. The van der Waals surface area contributed by atoms with Crippen molar-refractivity contribution in [2.75, 3.05) is 0 Å². The number of hydrogen-bond acceptors (Lipinski definition) is 1. The van der Waals surface area contributed by atoms with Gasteiger partial charge < -0.3 is 0 Å². The summed E-state index contributed by atoms with van der Waals surface area (Å²) in [5, 5.41) is 0. The van der Waals surface area contributed by atoms with Crippen molar-refractivity contribution in [1.29, 1.82) is 0 Å². The number of carbonyl (C=O) groups is 1. The minimum Gasteiger partial charge on any atom is -0.294 e. The van der Waals surface area contributed by atoms with E-state index in [1.165, 1.54) is 12.1 Å². The third-order valence-electron chi connectivity index (χ3n) is 2.68. The van der Waals surface area contributed by atoms with Crippen LogP contribution >= 0.6 is 15.9 Å². The quantitative estimate of drug-likeness (QED) is 0.772. The second kappa shape index (κ2) is 5.44. The van der Waals surface area contributed by atoms with Gasteiger partial charge in [-0.2, -0.15) is 0 Å². The maximum Gasteiger partial charge on any atom is 0.168 e. The zero-order valence-electron chi connectivity index (χ0n) is 9.91. The number of aryl methyl sites for hydroxylation is 1. The molecule has 92 valence electrons. The van der Waals surface area contributed by atoms with Gasteiger partial charge in [0.05, 0.1) is 0 Å². The topological polar surface area (TPSA) is 17.1 Å². The van der Waals surface area contributed by atoms with Crippen molar-refractivity contribution in [1.82, 2.24) is 0 Å². The van der Waals surface area contributed by atoms with Crippen molar-refractivity contribution in [2.24, 2.45) is 0 Å². The molecule has 0 fully saturated rings. The molecule has 0 aromatic heterocycles. The molecular weight excluding hydrogens is 295 g/mol. The van der Waals surface area contributed by atoms with Crippen LogP contribution in [0.4, 0.5) is 4.39 Å². The average molecular weight is 307 g/mol. The van der Waals surface area contributed by atoms with Gasteiger partial charge in [-0.3, -0.25) is 4.79 Å². The summed E-state index contributed by atoms with van der Waals surface area (Å²) in [7, 11) is 0. The van der Waals surface area contributed by atoms with Gasteiger partial charge in [0, 0.05) is 16.5 Å². The number of carbonyl (C=O) groups excluding carboxylic acids is 1. The number of halogens is 2. The number of rotatable bonds is 3. The summed E-state index contributed by atoms with van der Waals surface area (Å²) in [6.45, 7) is 1.98. The van der Waals surface area contributed by atoms with Crippen molar-refractivity contribution < 1.29 is 9.18 Å². The van der Waals surface area contributed by atoms with Gasteiger partial charge in [-0.25, -0.2) is 4.39 Å². The fourth-order valence-corrected chi connectivity index (χ4v) is 2.28. The van der Waals surface area contributed by atoms with Crippen molar-refractivity contribution in [3.63, 3.8) is 0 Å². The smallest absolute Gasteiger partial charge is 0.168 e. The Kier molecular flexibility index (Phi) is 3.92. The molecule has 0 unspecified atom stereocenters. The molecule has 2 aromatic rings. The number of Topliss-reactive ketones (excluding diaryl/α,β-unsaturated/α-hetero) is 1. The zero-order chi connectivity index (χ0) is 13.1. The first kappa shape index (κ1) is 13.0. The molecular formula is C15H12BrFO. The van der Waals surface area contributed by atoms with E-state index in [0.29, 0.717) is 10.0 Å². The molecule has 0 saturated carbocycles.